The zero-order chi connectivity index (χ0) is 20.3. The highest BCUT2D eigenvalue weighted by Gasteiger charge is 2.41. The van der Waals surface area contributed by atoms with Gasteiger partial charge in [-0.15, -0.1) is 0 Å². The third-order valence-electron chi connectivity index (χ3n) is 6.49. The molecule has 4 nitrogen and oxygen atoms in total. The summed E-state index contributed by atoms with van der Waals surface area (Å²) in [6.45, 7) is 8.11. The summed E-state index contributed by atoms with van der Waals surface area (Å²) in [5.41, 5.74) is 2.39. The first-order valence-electron chi connectivity index (χ1n) is 11.0. The van der Waals surface area contributed by atoms with Gasteiger partial charge in [-0.1, -0.05) is 19.4 Å². The van der Waals surface area contributed by atoms with Crippen molar-refractivity contribution in [3.05, 3.63) is 53.1 Å². The van der Waals surface area contributed by atoms with E-state index in [2.05, 4.69) is 26.7 Å². The summed E-state index contributed by atoms with van der Waals surface area (Å²) in [6, 6.07) is 4.28. The molecule has 2 saturated heterocycles. The van der Waals surface area contributed by atoms with E-state index in [0.29, 0.717) is 12.0 Å². The van der Waals surface area contributed by atoms with E-state index >= 15 is 0 Å². The lowest BCUT2D eigenvalue weighted by molar-refractivity contribution is 0.0864. The molecule has 3 heterocycles. The molecule has 0 saturated carbocycles. The molecule has 1 aromatic carbocycles. The van der Waals surface area contributed by atoms with Crippen LogP contribution in [0, 0.1) is 17.0 Å². The third kappa shape index (κ3) is 5.04. The zero-order valence-corrected chi connectivity index (χ0v) is 17.4. The first-order chi connectivity index (χ1) is 14.0. The van der Waals surface area contributed by atoms with Gasteiger partial charge in [0.15, 0.2) is 11.6 Å². The van der Waals surface area contributed by atoms with Gasteiger partial charge in [-0.05, 0) is 61.9 Å². The van der Waals surface area contributed by atoms with Crippen LogP contribution < -0.4 is 0 Å². The minimum absolute atomic E-state index is 0.321. The van der Waals surface area contributed by atoms with E-state index in [-0.39, 0.29) is 0 Å². The number of hydrogen-bond acceptors (Lipinski definition) is 3. The predicted molar refractivity (Wildman–Crippen MR) is 110 cm³/mol. The third-order valence-corrected chi connectivity index (χ3v) is 6.49. The number of piperidine rings is 1. The summed E-state index contributed by atoms with van der Waals surface area (Å²) in [7, 11) is 0. The second-order valence-corrected chi connectivity index (χ2v) is 8.98. The number of benzene rings is 1. The van der Waals surface area contributed by atoms with Gasteiger partial charge < -0.3 is 4.98 Å². The molecule has 0 aliphatic carbocycles. The number of imidazole rings is 1. The van der Waals surface area contributed by atoms with Crippen LogP contribution in [0.2, 0.25) is 0 Å². The molecule has 0 radical (unpaired) electrons. The molecule has 2 aliphatic heterocycles. The maximum absolute atomic E-state index is 13.5. The van der Waals surface area contributed by atoms with E-state index in [0.717, 1.165) is 50.5 Å². The van der Waals surface area contributed by atoms with Crippen molar-refractivity contribution in [2.24, 2.45) is 5.41 Å². The maximum atomic E-state index is 13.5. The van der Waals surface area contributed by atoms with E-state index in [1.165, 1.54) is 49.9 Å². The molecule has 29 heavy (non-hydrogen) atoms. The van der Waals surface area contributed by atoms with E-state index in [4.69, 9.17) is 0 Å². The van der Waals surface area contributed by atoms with E-state index in [9.17, 15) is 8.78 Å². The minimum atomic E-state index is -0.771. The number of nitrogens with zero attached hydrogens (tertiary/aromatic N) is 3. The van der Waals surface area contributed by atoms with Crippen molar-refractivity contribution in [2.75, 3.05) is 26.2 Å². The molecule has 2 aliphatic rings. The normalized spacial score (nSPS) is 23.3. The molecule has 0 bridgehead atoms. The van der Waals surface area contributed by atoms with Gasteiger partial charge in [-0.2, -0.15) is 0 Å². The van der Waals surface area contributed by atoms with Gasteiger partial charge in [-0.3, -0.25) is 9.80 Å². The number of aryl methyl sites for hydroxylation is 1. The molecule has 1 N–H and O–H groups in total. The highest BCUT2D eigenvalue weighted by molar-refractivity contribution is 5.18. The minimum Gasteiger partial charge on any atom is -0.345 e. The lowest BCUT2D eigenvalue weighted by atomic mass is 9.79. The molecule has 4 rings (SSSR count). The smallest absolute Gasteiger partial charge is 0.159 e. The molecule has 1 atom stereocenters. The van der Waals surface area contributed by atoms with E-state index in [1.807, 2.05) is 6.20 Å². The maximum Gasteiger partial charge on any atom is 0.159 e. The van der Waals surface area contributed by atoms with Crippen LogP contribution in [0.3, 0.4) is 0 Å². The summed E-state index contributed by atoms with van der Waals surface area (Å²) in [4.78, 5) is 13.0. The fourth-order valence-corrected chi connectivity index (χ4v) is 5.04. The highest BCUT2D eigenvalue weighted by atomic mass is 19.2. The summed E-state index contributed by atoms with van der Waals surface area (Å²) in [6.07, 6.45) is 9.01. The fourth-order valence-electron chi connectivity index (χ4n) is 5.04. The number of likely N-dealkylation sites (tertiary alicyclic amines) is 2. The summed E-state index contributed by atoms with van der Waals surface area (Å²) < 4.78 is 26.7. The van der Waals surface area contributed by atoms with Crippen LogP contribution >= 0.6 is 0 Å². The number of aromatic nitrogens is 2. The van der Waals surface area contributed by atoms with Gasteiger partial charge in [0.1, 0.15) is 5.82 Å². The lowest BCUT2D eigenvalue weighted by Crippen LogP contribution is -2.44. The number of nitrogens with one attached hydrogen (secondary N) is 1. The van der Waals surface area contributed by atoms with Crippen LogP contribution in [0.15, 0.2) is 24.4 Å². The Balaban J connectivity index is 1.32. The van der Waals surface area contributed by atoms with Crippen LogP contribution in [0.5, 0.6) is 0 Å². The van der Waals surface area contributed by atoms with Crippen molar-refractivity contribution in [3.63, 3.8) is 0 Å². The summed E-state index contributed by atoms with van der Waals surface area (Å²) >= 11 is 0. The molecule has 2 aromatic rings. The van der Waals surface area contributed by atoms with Crippen LogP contribution in [-0.2, 0) is 19.5 Å². The molecule has 2 fully saturated rings. The van der Waals surface area contributed by atoms with Gasteiger partial charge in [0.25, 0.3) is 0 Å². The Hall–Kier alpha value is -1.79. The molecule has 0 amide bonds. The fraction of sp³-hybridized carbons (Fsp3) is 0.609. The van der Waals surface area contributed by atoms with Crippen LogP contribution in [-0.4, -0.2) is 45.9 Å². The first-order valence-corrected chi connectivity index (χ1v) is 11.0. The van der Waals surface area contributed by atoms with Gasteiger partial charge in [0.05, 0.1) is 0 Å². The molecule has 158 valence electrons. The number of halogens is 2. The standard InChI is InChI=1S/C23H32F2N4/c1-2-3-5-22-26-13-19(27-22)15-29-11-9-23(17-29)8-4-10-28(16-23)14-18-6-7-20(24)21(25)12-18/h6-7,12-13H,2-5,8-11,14-17H2,1H3,(H,26,27)/t23-/m1/s1. The molecule has 1 aromatic heterocycles. The Morgan fingerprint density at radius 3 is 2.69 bits per heavy atom. The lowest BCUT2D eigenvalue weighted by Gasteiger charge is -2.40. The van der Waals surface area contributed by atoms with Gasteiger partial charge in [0.2, 0.25) is 0 Å². The van der Waals surface area contributed by atoms with E-state index in [1.54, 1.807) is 6.07 Å². The van der Waals surface area contributed by atoms with Gasteiger partial charge in [0, 0.05) is 44.5 Å². The molecule has 1 spiro atoms. The van der Waals surface area contributed by atoms with E-state index < -0.39 is 11.6 Å². The highest BCUT2D eigenvalue weighted by Crippen LogP contribution is 2.39. The zero-order valence-electron chi connectivity index (χ0n) is 17.4. The Labute approximate surface area is 172 Å². The topological polar surface area (TPSA) is 35.2 Å². The van der Waals surface area contributed by atoms with Crippen molar-refractivity contribution in [3.8, 4) is 0 Å². The number of aromatic amines is 1. The molecule has 6 heteroatoms. The number of hydrogen-bond donors (Lipinski definition) is 1. The molecular formula is C23H32F2N4. The number of unbranched alkanes of at least 4 members (excludes halogenated alkanes) is 1. The van der Waals surface area contributed by atoms with Crippen molar-refractivity contribution < 1.29 is 8.78 Å². The Morgan fingerprint density at radius 1 is 1.07 bits per heavy atom. The van der Waals surface area contributed by atoms with Crippen LogP contribution in [0.1, 0.15) is 56.1 Å². The Kier molecular flexibility index (Phi) is 6.30. The average Bonchev–Trinajstić information content (AvgIpc) is 3.30. The van der Waals surface area contributed by atoms with Gasteiger partial charge >= 0.3 is 0 Å². The largest absolute Gasteiger partial charge is 0.345 e. The monoisotopic (exact) mass is 402 g/mol. The number of rotatable bonds is 7. The predicted octanol–water partition coefficient (Wildman–Crippen LogP) is 4.52. The van der Waals surface area contributed by atoms with Crippen LogP contribution in [0.25, 0.3) is 0 Å². The number of H-pyrrole nitrogens is 1. The van der Waals surface area contributed by atoms with Crippen molar-refractivity contribution in [2.45, 2.75) is 58.5 Å². The first kappa shape index (κ1) is 20.5. The van der Waals surface area contributed by atoms with Crippen molar-refractivity contribution in [1.82, 2.24) is 19.8 Å². The summed E-state index contributed by atoms with van der Waals surface area (Å²) in [5, 5.41) is 0. The second kappa shape index (κ2) is 8.92. The average molecular weight is 403 g/mol. The summed E-state index contributed by atoms with van der Waals surface area (Å²) in [5.74, 6) is -0.419. The SMILES string of the molecule is CCCCc1ncc(CN2CC[C@@]3(CCCN(Cc4ccc(F)c(F)c4)C3)C2)[nH]1. The molecular weight excluding hydrogens is 370 g/mol. The quantitative estimate of drug-likeness (QED) is 0.740. The van der Waals surface area contributed by atoms with Crippen molar-refractivity contribution in [1.29, 1.82) is 0 Å². The van der Waals surface area contributed by atoms with Gasteiger partial charge in [-0.25, -0.2) is 13.8 Å². The molecule has 0 unspecified atom stereocenters. The Bertz CT molecular complexity index is 821. The Morgan fingerprint density at radius 2 is 1.90 bits per heavy atom. The van der Waals surface area contributed by atoms with Crippen LogP contribution in [0.4, 0.5) is 8.78 Å². The second-order valence-electron chi connectivity index (χ2n) is 8.98. The van der Waals surface area contributed by atoms with Crippen molar-refractivity contribution >= 4 is 0 Å².